The molecule has 6 nitrogen and oxygen atoms in total. The van der Waals surface area contributed by atoms with E-state index in [2.05, 4.69) is 15.3 Å². The number of rotatable bonds is 3. The van der Waals surface area contributed by atoms with E-state index >= 15 is 0 Å². The van der Waals surface area contributed by atoms with E-state index in [0.29, 0.717) is 5.02 Å². The lowest BCUT2D eigenvalue weighted by Gasteiger charge is -2.07. The number of carboxylic acids is 1. The highest BCUT2D eigenvalue weighted by atomic mass is 35.5. The highest BCUT2D eigenvalue weighted by molar-refractivity contribution is 6.37. The van der Waals surface area contributed by atoms with Gasteiger partial charge in [0.15, 0.2) is 11.5 Å². The lowest BCUT2D eigenvalue weighted by atomic mass is 10.2. The van der Waals surface area contributed by atoms with Gasteiger partial charge in [0, 0.05) is 17.4 Å². The second-order valence-corrected chi connectivity index (χ2v) is 4.48. The molecule has 0 atom stereocenters. The summed E-state index contributed by atoms with van der Waals surface area (Å²) in [7, 11) is 0. The first-order valence-electron chi connectivity index (χ1n) is 5.29. The average Bonchev–Trinajstić information content (AvgIpc) is 2.38. The van der Waals surface area contributed by atoms with Crippen LogP contribution in [0.4, 0.5) is 5.82 Å². The van der Waals surface area contributed by atoms with Crippen LogP contribution in [0.25, 0.3) is 0 Å². The molecular formula is C12H7Cl2N3O3. The molecule has 102 valence electrons. The number of carbonyl (C=O) groups is 2. The summed E-state index contributed by atoms with van der Waals surface area (Å²) in [5, 5.41) is 11.8. The first kappa shape index (κ1) is 14.2. The monoisotopic (exact) mass is 311 g/mol. The van der Waals surface area contributed by atoms with E-state index in [1.54, 1.807) is 0 Å². The van der Waals surface area contributed by atoms with E-state index in [4.69, 9.17) is 28.3 Å². The number of anilines is 1. The van der Waals surface area contributed by atoms with Crippen molar-refractivity contribution >= 4 is 40.9 Å². The molecule has 0 aliphatic heterocycles. The highest BCUT2D eigenvalue weighted by Gasteiger charge is 2.17. The van der Waals surface area contributed by atoms with Crippen molar-refractivity contribution in [1.29, 1.82) is 0 Å². The van der Waals surface area contributed by atoms with Crippen LogP contribution in [0.5, 0.6) is 0 Å². The summed E-state index contributed by atoms with van der Waals surface area (Å²) in [6.45, 7) is 0. The number of hydrogen-bond acceptors (Lipinski definition) is 4. The smallest absolute Gasteiger partial charge is 0.358 e. The number of nitrogens with one attached hydrogen (secondary N) is 1. The fraction of sp³-hybridized carbons (Fsp3) is 0. The quantitative estimate of drug-likeness (QED) is 0.909. The topological polar surface area (TPSA) is 92.2 Å². The van der Waals surface area contributed by atoms with Gasteiger partial charge < -0.3 is 10.4 Å². The summed E-state index contributed by atoms with van der Waals surface area (Å²) < 4.78 is 0. The Morgan fingerprint density at radius 3 is 2.50 bits per heavy atom. The van der Waals surface area contributed by atoms with Crippen molar-refractivity contribution in [3.05, 3.63) is 51.9 Å². The summed E-state index contributed by atoms with van der Waals surface area (Å²) in [6.07, 6.45) is 2.49. The second kappa shape index (κ2) is 5.85. The van der Waals surface area contributed by atoms with Crippen LogP contribution in [0.15, 0.2) is 30.6 Å². The van der Waals surface area contributed by atoms with Crippen molar-refractivity contribution in [1.82, 2.24) is 9.97 Å². The molecule has 0 aliphatic rings. The third kappa shape index (κ3) is 3.04. The molecule has 0 radical (unpaired) electrons. The Hall–Kier alpha value is -2.18. The predicted octanol–water partition coefficient (Wildman–Crippen LogP) is 2.73. The van der Waals surface area contributed by atoms with Gasteiger partial charge in [0.2, 0.25) is 0 Å². The molecule has 1 aromatic carbocycles. The molecule has 1 heterocycles. The summed E-state index contributed by atoms with van der Waals surface area (Å²) >= 11 is 11.6. The first-order chi connectivity index (χ1) is 9.49. The molecule has 8 heteroatoms. The zero-order valence-electron chi connectivity index (χ0n) is 9.80. The fourth-order valence-corrected chi connectivity index (χ4v) is 1.93. The van der Waals surface area contributed by atoms with Crippen LogP contribution in [0, 0.1) is 0 Å². The third-order valence-corrected chi connectivity index (χ3v) is 2.86. The number of benzene rings is 1. The van der Waals surface area contributed by atoms with E-state index in [1.807, 2.05) is 0 Å². The van der Waals surface area contributed by atoms with Crippen LogP contribution < -0.4 is 5.32 Å². The van der Waals surface area contributed by atoms with E-state index in [0.717, 1.165) is 0 Å². The Balaban J connectivity index is 2.30. The van der Waals surface area contributed by atoms with Gasteiger partial charge in [-0.15, -0.1) is 0 Å². The molecule has 1 aromatic heterocycles. The molecule has 2 aromatic rings. The van der Waals surface area contributed by atoms with Crippen molar-refractivity contribution in [2.24, 2.45) is 0 Å². The fourth-order valence-electron chi connectivity index (χ4n) is 1.43. The van der Waals surface area contributed by atoms with Gasteiger partial charge in [-0.2, -0.15) is 0 Å². The minimum atomic E-state index is -1.30. The first-order valence-corrected chi connectivity index (χ1v) is 6.05. The normalized spacial score (nSPS) is 10.1. The highest BCUT2D eigenvalue weighted by Crippen LogP contribution is 2.22. The standard InChI is InChI=1S/C12H7Cl2N3O3/c13-6-1-2-7(8(14)5-6)11(18)17-10-9(12(19)20)15-3-4-16-10/h1-5H,(H,19,20)(H,16,17,18). The zero-order chi connectivity index (χ0) is 14.7. The largest absolute Gasteiger partial charge is 0.476 e. The number of halogens is 2. The minimum Gasteiger partial charge on any atom is -0.476 e. The lowest BCUT2D eigenvalue weighted by molar-refractivity contribution is 0.0691. The minimum absolute atomic E-state index is 0.149. The molecule has 0 bridgehead atoms. The molecule has 0 spiro atoms. The van der Waals surface area contributed by atoms with Crippen molar-refractivity contribution in [2.75, 3.05) is 5.32 Å². The Labute approximate surface area is 123 Å². The Kier molecular flexibility index (Phi) is 4.16. The van der Waals surface area contributed by atoms with Crippen LogP contribution >= 0.6 is 23.2 Å². The van der Waals surface area contributed by atoms with Crippen LogP contribution in [0.3, 0.4) is 0 Å². The van der Waals surface area contributed by atoms with Gasteiger partial charge in [-0.3, -0.25) is 4.79 Å². The SMILES string of the molecule is O=C(Nc1nccnc1C(=O)O)c1ccc(Cl)cc1Cl. The van der Waals surface area contributed by atoms with Crippen molar-refractivity contribution in [2.45, 2.75) is 0 Å². The summed E-state index contributed by atoms with van der Waals surface area (Å²) in [6, 6.07) is 4.33. The molecular weight excluding hydrogens is 305 g/mol. The van der Waals surface area contributed by atoms with Gasteiger partial charge in [-0.1, -0.05) is 23.2 Å². The Morgan fingerprint density at radius 1 is 1.15 bits per heavy atom. The van der Waals surface area contributed by atoms with Crippen LogP contribution in [0.1, 0.15) is 20.8 Å². The maximum Gasteiger partial charge on any atom is 0.358 e. The molecule has 2 rings (SSSR count). The van der Waals surface area contributed by atoms with Gasteiger partial charge in [0.1, 0.15) is 0 Å². The van der Waals surface area contributed by atoms with E-state index < -0.39 is 11.9 Å². The number of aromatic carboxylic acids is 1. The predicted molar refractivity (Wildman–Crippen MR) is 73.4 cm³/mol. The summed E-state index contributed by atoms with van der Waals surface area (Å²) in [5.74, 6) is -2.05. The van der Waals surface area contributed by atoms with Crippen molar-refractivity contribution < 1.29 is 14.7 Å². The van der Waals surface area contributed by atoms with Gasteiger partial charge >= 0.3 is 5.97 Å². The number of carboxylic acid groups (broad SMARTS) is 1. The lowest BCUT2D eigenvalue weighted by Crippen LogP contribution is -2.17. The molecule has 0 fully saturated rings. The molecule has 1 amide bonds. The summed E-state index contributed by atoms with van der Waals surface area (Å²) in [5.41, 5.74) is -0.205. The number of nitrogens with zero attached hydrogens (tertiary/aromatic N) is 2. The number of aromatic nitrogens is 2. The third-order valence-electron chi connectivity index (χ3n) is 2.31. The molecule has 0 saturated heterocycles. The van der Waals surface area contributed by atoms with Crippen LogP contribution in [0.2, 0.25) is 10.0 Å². The average molecular weight is 312 g/mol. The van der Waals surface area contributed by atoms with Gasteiger partial charge in [0.05, 0.1) is 10.6 Å². The number of amides is 1. The summed E-state index contributed by atoms with van der Waals surface area (Å²) in [4.78, 5) is 30.4. The number of carbonyl (C=O) groups excluding carboxylic acids is 1. The molecule has 0 unspecified atom stereocenters. The maximum absolute atomic E-state index is 12.0. The van der Waals surface area contributed by atoms with Crippen LogP contribution in [-0.2, 0) is 0 Å². The van der Waals surface area contributed by atoms with Crippen molar-refractivity contribution in [3.8, 4) is 0 Å². The molecule has 0 aliphatic carbocycles. The van der Waals surface area contributed by atoms with Crippen LogP contribution in [-0.4, -0.2) is 27.0 Å². The molecule has 0 saturated carbocycles. The van der Waals surface area contributed by atoms with Crippen molar-refractivity contribution in [3.63, 3.8) is 0 Å². The zero-order valence-corrected chi connectivity index (χ0v) is 11.3. The second-order valence-electron chi connectivity index (χ2n) is 3.64. The Morgan fingerprint density at radius 2 is 1.85 bits per heavy atom. The Bertz CT molecular complexity index is 691. The van der Waals surface area contributed by atoms with E-state index in [1.165, 1.54) is 30.6 Å². The van der Waals surface area contributed by atoms with Gasteiger partial charge in [-0.25, -0.2) is 14.8 Å². The van der Waals surface area contributed by atoms with Gasteiger partial charge in [-0.05, 0) is 18.2 Å². The molecule has 2 N–H and O–H groups in total. The van der Waals surface area contributed by atoms with E-state index in [9.17, 15) is 9.59 Å². The van der Waals surface area contributed by atoms with Gasteiger partial charge in [0.25, 0.3) is 5.91 Å². The maximum atomic E-state index is 12.0. The molecule has 20 heavy (non-hydrogen) atoms. The number of hydrogen-bond donors (Lipinski definition) is 2. The van der Waals surface area contributed by atoms with E-state index in [-0.39, 0.29) is 22.1 Å².